The molecule has 0 aliphatic rings. The van der Waals surface area contributed by atoms with E-state index in [9.17, 15) is 4.79 Å². The highest BCUT2D eigenvalue weighted by atomic mass is 16.1. The van der Waals surface area contributed by atoms with Crippen LogP contribution in [0.3, 0.4) is 0 Å². The Morgan fingerprint density at radius 3 is 2.50 bits per heavy atom. The first-order chi connectivity index (χ1) is 9.78. The SMILES string of the molecule is NCc1cc(C(=O)c2ccc3ccccc3c2)ccn1. The number of rotatable bonds is 3. The van der Waals surface area contributed by atoms with Crippen molar-refractivity contribution in [2.45, 2.75) is 6.54 Å². The average Bonchev–Trinajstić information content (AvgIpc) is 2.53. The van der Waals surface area contributed by atoms with Gasteiger partial charge in [0.1, 0.15) is 0 Å². The molecular formula is C17H14N2O. The van der Waals surface area contributed by atoms with Crippen molar-refractivity contribution < 1.29 is 4.79 Å². The van der Waals surface area contributed by atoms with Crippen molar-refractivity contribution in [1.82, 2.24) is 4.98 Å². The number of carbonyl (C=O) groups excluding carboxylic acids is 1. The van der Waals surface area contributed by atoms with Crippen LogP contribution in [0.1, 0.15) is 21.6 Å². The summed E-state index contributed by atoms with van der Waals surface area (Å²) in [5.74, 6) is -0.00662. The van der Waals surface area contributed by atoms with Gasteiger partial charge in [-0.3, -0.25) is 9.78 Å². The molecule has 0 atom stereocenters. The van der Waals surface area contributed by atoms with E-state index in [0.29, 0.717) is 17.7 Å². The van der Waals surface area contributed by atoms with Crippen molar-refractivity contribution in [3.63, 3.8) is 0 Å². The second-order valence-corrected chi connectivity index (χ2v) is 4.63. The van der Waals surface area contributed by atoms with Crippen LogP contribution in [-0.2, 0) is 6.54 Å². The molecule has 0 unspecified atom stereocenters. The lowest BCUT2D eigenvalue weighted by molar-refractivity contribution is 0.103. The molecule has 3 aromatic rings. The van der Waals surface area contributed by atoms with Crippen LogP contribution in [0.2, 0.25) is 0 Å². The van der Waals surface area contributed by atoms with Gasteiger partial charge in [-0.2, -0.15) is 0 Å². The molecule has 0 saturated carbocycles. The summed E-state index contributed by atoms with van der Waals surface area (Å²) in [6.07, 6.45) is 1.62. The smallest absolute Gasteiger partial charge is 0.193 e. The first-order valence-corrected chi connectivity index (χ1v) is 6.46. The molecule has 0 bridgehead atoms. The summed E-state index contributed by atoms with van der Waals surface area (Å²) < 4.78 is 0. The quantitative estimate of drug-likeness (QED) is 0.738. The minimum absolute atomic E-state index is 0.00662. The van der Waals surface area contributed by atoms with Gasteiger partial charge in [-0.25, -0.2) is 0 Å². The zero-order valence-electron chi connectivity index (χ0n) is 10.9. The molecular weight excluding hydrogens is 248 g/mol. The molecule has 0 radical (unpaired) electrons. The van der Waals surface area contributed by atoms with E-state index >= 15 is 0 Å². The molecule has 0 saturated heterocycles. The number of benzene rings is 2. The Morgan fingerprint density at radius 1 is 0.950 bits per heavy atom. The molecule has 2 N–H and O–H groups in total. The van der Waals surface area contributed by atoms with E-state index in [4.69, 9.17) is 5.73 Å². The molecule has 3 nitrogen and oxygen atoms in total. The predicted octanol–water partition coefficient (Wildman–Crippen LogP) is 2.92. The normalized spacial score (nSPS) is 10.7. The first-order valence-electron chi connectivity index (χ1n) is 6.46. The molecule has 2 aromatic carbocycles. The summed E-state index contributed by atoms with van der Waals surface area (Å²) in [7, 11) is 0. The van der Waals surface area contributed by atoms with Gasteiger partial charge in [-0.1, -0.05) is 36.4 Å². The van der Waals surface area contributed by atoms with Crippen LogP contribution in [-0.4, -0.2) is 10.8 Å². The molecule has 98 valence electrons. The van der Waals surface area contributed by atoms with Gasteiger partial charge in [-0.05, 0) is 29.0 Å². The van der Waals surface area contributed by atoms with Crippen molar-refractivity contribution in [2.75, 3.05) is 0 Å². The third-order valence-corrected chi connectivity index (χ3v) is 3.30. The molecule has 3 heteroatoms. The van der Waals surface area contributed by atoms with Crippen molar-refractivity contribution in [3.05, 3.63) is 77.6 Å². The number of hydrogen-bond acceptors (Lipinski definition) is 3. The van der Waals surface area contributed by atoms with Crippen LogP contribution < -0.4 is 5.73 Å². The molecule has 1 heterocycles. The Balaban J connectivity index is 2.03. The summed E-state index contributed by atoms with van der Waals surface area (Å²) >= 11 is 0. The van der Waals surface area contributed by atoms with Crippen molar-refractivity contribution in [3.8, 4) is 0 Å². The summed E-state index contributed by atoms with van der Waals surface area (Å²) in [4.78, 5) is 16.6. The van der Waals surface area contributed by atoms with Crippen LogP contribution in [0.25, 0.3) is 10.8 Å². The van der Waals surface area contributed by atoms with Crippen LogP contribution in [0.4, 0.5) is 0 Å². The van der Waals surface area contributed by atoms with Gasteiger partial charge in [0.15, 0.2) is 5.78 Å². The summed E-state index contributed by atoms with van der Waals surface area (Å²) in [5, 5.41) is 2.19. The average molecular weight is 262 g/mol. The molecule has 20 heavy (non-hydrogen) atoms. The monoisotopic (exact) mass is 262 g/mol. The highest BCUT2D eigenvalue weighted by Crippen LogP contribution is 2.18. The van der Waals surface area contributed by atoms with Crippen LogP contribution in [0.15, 0.2) is 60.8 Å². The number of fused-ring (bicyclic) bond motifs is 1. The van der Waals surface area contributed by atoms with E-state index in [-0.39, 0.29) is 5.78 Å². The molecule has 1 aromatic heterocycles. The molecule has 3 rings (SSSR count). The Morgan fingerprint density at radius 2 is 1.70 bits per heavy atom. The van der Waals surface area contributed by atoms with Gasteiger partial charge >= 0.3 is 0 Å². The topological polar surface area (TPSA) is 56.0 Å². The van der Waals surface area contributed by atoms with Crippen LogP contribution in [0.5, 0.6) is 0 Å². The van der Waals surface area contributed by atoms with Gasteiger partial charge < -0.3 is 5.73 Å². The lowest BCUT2D eigenvalue weighted by Crippen LogP contribution is -2.05. The number of carbonyl (C=O) groups is 1. The van der Waals surface area contributed by atoms with E-state index in [0.717, 1.165) is 16.5 Å². The second-order valence-electron chi connectivity index (χ2n) is 4.63. The standard InChI is InChI=1S/C17H14N2O/c18-11-16-10-15(7-8-19-16)17(20)14-6-5-12-3-1-2-4-13(12)9-14/h1-10H,11,18H2. The van der Waals surface area contributed by atoms with E-state index in [2.05, 4.69) is 4.98 Å². The van der Waals surface area contributed by atoms with Gasteiger partial charge in [0.25, 0.3) is 0 Å². The van der Waals surface area contributed by atoms with E-state index < -0.39 is 0 Å². The Labute approximate surface area is 117 Å². The number of hydrogen-bond donors (Lipinski definition) is 1. The maximum atomic E-state index is 12.5. The molecule has 0 spiro atoms. The third-order valence-electron chi connectivity index (χ3n) is 3.30. The highest BCUT2D eigenvalue weighted by Gasteiger charge is 2.10. The lowest BCUT2D eigenvalue weighted by Gasteiger charge is -2.04. The fourth-order valence-electron chi connectivity index (χ4n) is 2.23. The third kappa shape index (κ3) is 2.31. The largest absolute Gasteiger partial charge is 0.325 e. The van der Waals surface area contributed by atoms with Gasteiger partial charge in [0.05, 0.1) is 5.69 Å². The number of ketones is 1. The van der Waals surface area contributed by atoms with Gasteiger partial charge in [-0.15, -0.1) is 0 Å². The molecule has 0 amide bonds. The minimum Gasteiger partial charge on any atom is -0.325 e. The van der Waals surface area contributed by atoms with Crippen molar-refractivity contribution >= 4 is 16.6 Å². The predicted molar refractivity (Wildman–Crippen MR) is 79.5 cm³/mol. The Kier molecular flexibility index (Phi) is 3.27. The second kappa shape index (κ2) is 5.23. The van der Waals surface area contributed by atoms with Crippen molar-refractivity contribution in [2.24, 2.45) is 5.73 Å². The summed E-state index contributed by atoms with van der Waals surface area (Å²) in [6, 6.07) is 17.2. The van der Waals surface area contributed by atoms with Gasteiger partial charge in [0.2, 0.25) is 0 Å². The minimum atomic E-state index is -0.00662. The van der Waals surface area contributed by atoms with Gasteiger partial charge in [0, 0.05) is 23.9 Å². The number of aromatic nitrogens is 1. The van der Waals surface area contributed by atoms with E-state index in [1.807, 2.05) is 42.5 Å². The first kappa shape index (κ1) is 12.5. The maximum absolute atomic E-state index is 12.5. The summed E-state index contributed by atoms with van der Waals surface area (Å²) in [6.45, 7) is 0.332. The number of nitrogens with two attached hydrogens (primary N) is 1. The Hall–Kier alpha value is -2.52. The Bertz CT molecular complexity index is 781. The van der Waals surface area contributed by atoms with E-state index in [1.54, 1.807) is 18.3 Å². The lowest BCUT2D eigenvalue weighted by atomic mass is 10.0. The number of pyridine rings is 1. The summed E-state index contributed by atoms with van der Waals surface area (Å²) in [5.41, 5.74) is 7.58. The fourth-order valence-corrected chi connectivity index (χ4v) is 2.23. The highest BCUT2D eigenvalue weighted by molar-refractivity contribution is 6.10. The van der Waals surface area contributed by atoms with E-state index in [1.165, 1.54) is 0 Å². The number of nitrogens with zero attached hydrogens (tertiary/aromatic N) is 1. The molecule has 0 aliphatic heterocycles. The van der Waals surface area contributed by atoms with Crippen LogP contribution >= 0.6 is 0 Å². The molecule has 0 aliphatic carbocycles. The zero-order valence-corrected chi connectivity index (χ0v) is 10.9. The maximum Gasteiger partial charge on any atom is 0.193 e. The molecule has 0 fully saturated rings. The zero-order chi connectivity index (χ0) is 13.9. The van der Waals surface area contributed by atoms with Crippen LogP contribution in [0, 0.1) is 0 Å². The van der Waals surface area contributed by atoms with Crippen molar-refractivity contribution in [1.29, 1.82) is 0 Å². The fraction of sp³-hybridized carbons (Fsp3) is 0.0588.